The Morgan fingerprint density at radius 1 is 1.18 bits per heavy atom. The fourth-order valence-electron chi connectivity index (χ4n) is 4.36. The van der Waals surface area contributed by atoms with Crippen molar-refractivity contribution in [2.45, 2.75) is 26.8 Å². The van der Waals surface area contributed by atoms with E-state index in [1.54, 1.807) is 7.11 Å². The van der Waals surface area contributed by atoms with E-state index in [4.69, 9.17) is 9.84 Å². The third kappa shape index (κ3) is 4.61. The fourth-order valence-corrected chi connectivity index (χ4v) is 4.36. The number of amides is 2. The standard InChI is InChI=1S/C25H29N5O3/c1-16-10-11-21(33-4)20(14-16)27-22(31)15-29-13-12-26-25(32)24(29)23-17(2)28-30(18(23)3)19-8-6-5-7-9-19/h5-11,14,24H,12-13,15H2,1-4H3,(H,26,32)(H,27,31)/t24-/m0/s1. The van der Waals surface area contributed by atoms with Crippen molar-refractivity contribution in [3.63, 3.8) is 0 Å². The van der Waals surface area contributed by atoms with Crippen molar-refractivity contribution in [1.29, 1.82) is 0 Å². The van der Waals surface area contributed by atoms with Gasteiger partial charge >= 0.3 is 0 Å². The molecule has 2 N–H and O–H groups in total. The predicted octanol–water partition coefficient (Wildman–Crippen LogP) is 2.92. The maximum absolute atomic E-state index is 13.0. The summed E-state index contributed by atoms with van der Waals surface area (Å²) in [6.45, 7) is 6.94. The molecule has 1 saturated heterocycles. The van der Waals surface area contributed by atoms with E-state index in [-0.39, 0.29) is 18.4 Å². The molecule has 172 valence electrons. The Labute approximate surface area is 193 Å². The summed E-state index contributed by atoms with van der Waals surface area (Å²) in [4.78, 5) is 27.9. The van der Waals surface area contributed by atoms with Crippen LogP contribution in [0, 0.1) is 20.8 Å². The molecular weight excluding hydrogens is 418 g/mol. The van der Waals surface area contributed by atoms with Crippen LogP contribution in [0.15, 0.2) is 48.5 Å². The van der Waals surface area contributed by atoms with E-state index in [0.29, 0.717) is 24.5 Å². The Morgan fingerprint density at radius 3 is 2.67 bits per heavy atom. The van der Waals surface area contributed by atoms with Crippen LogP contribution < -0.4 is 15.4 Å². The van der Waals surface area contributed by atoms with Crippen LogP contribution in [0.25, 0.3) is 5.69 Å². The van der Waals surface area contributed by atoms with Crippen molar-refractivity contribution in [1.82, 2.24) is 20.0 Å². The minimum absolute atomic E-state index is 0.0740. The lowest BCUT2D eigenvalue weighted by Crippen LogP contribution is -2.52. The molecule has 4 rings (SSSR count). The van der Waals surface area contributed by atoms with Crippen molar-refractivity contribution < 1.29 is 14.3 Å². The molecule has 0 unspecified atom stereocenters. The topological polar surface area (TPSA) is 88.5 Å². The van der Waals surface area contributed by atoms with Crippen molar-refractivity contribution >= 4 is 17.5 Å². The van der Waals surface area contributed by atoms with E-state index in [1.165, 1.54) is 0 Å². The van der Waals surface area contributed by atoms with Gasteiger partial charge in [-0.05, 0) is 50.6 Å². The number of rotatable bonds is 6. The average molecular weight is 448 g/mol. The van der Waals surface area contributed by atoms with Gasteiger partial charge in [-0.1, -0.05) is 24.3 Å². The van der Waals surface area contributed by atoms with E-state index >= 15 is 0 Å². The molecule has 0 bridgehead atoms. The van der Waals surface area contributed by atoms with E-state index < -0.39 is 6.04 Å². The van der Waals surface area contributed by atoms with Crippen molar-refractivity contribution in [2.24, 2.45) is 0 Å². The largest absolute Gasteiger partial charge is 0.495 e. The van der Waals surface area contributed by atoms with Crippen LogP contribution in [-0.4, -0.2) is 53.2 Å². The van der Waals surface area contributed by atoms with Crippen molar-refractivity contribution in [3.05, 3.63) is 71.0 Å². The average Bonchev–Trinajstić information content (AvgIpc) is 3.08. The monoisotopic (exact) mass is 447 g/mol. The lowest BCUT2D eigenvalue weighted by Gasteiger charge is -2.34. The number of piperazine rings is 1. The quantitative estimate of drug-likeness (QED) is 0.607. The summed E-state index contributed by atoms with van der Waals surface area (Å²) < 4.78 is 7.22. The first-order valence-electron chi connectivity index (χ1n) is 11.0. The normalized spacial score (nSPS) is 16.4. The molecular formula is C25H29N5O3. The Morgan fingerprint density at radius 2 is 1.94 bits per heavy atom. The number of anilines is 1. The number of carbonyl (C=O) groups is 2. The van der Waals surface area contributed by atoms with Gasteiger partial charge in [0.1, 0.15) is 11.8 Å². The third-order valence-electron chi connectivity index (χ3n) is 5.91. The number of hydrogen-bond acceptors (Lipinski definition) is 5. The number of nitrogens with one attached hydrogen (secondary N) is 2. The van der Waals surface area contributed by atoms with E-state index in [9.17, 15) is 9.59 Å². The second-order valence-corrected chi connectivity index (χ2v) is 8.25. The maximum atomic E-state index is 13.0. The molecule has 1 fully saturated rings. The molecule has 3 aromatic rings. The smallest absolute Gasteiger partial charge is 0.242 e. The molecule has 0 radical (unpaired) electrons. The van der Waals surface area contributed by atoms with Crippen LogP contribution in [-0.2, 0) is 9.59 Å². The first kappa shape index (κ1) is 22.5. The number of methoxy groups -OCH3 is 1. The second-order valence-electron chi connectivity index (χ2n) is 8.25. The van der Waals surface area contributed by atoms with Crippen LogP contribution >= 0.6 is 0 Å². The summed E-state index contributed by atoms with van der Waals surface area (Å²) in [5.74, 6) is 0.267. The molecule has 2 amide bonds. The van der Waals surface area contributed by atoms with Crippen molar-refractivity contribution in [3.8, 4) is 11.4 Å². The number of aryl methyl sites for hydroxylation is 2. The van der Waals surface area contributed by atoms with Gasteiger partial charge in [0, 0.05) is 24.3 Å². The highest BCUT2D eigenvalue weighted by Gasteiger charge is 2.36. The second kappa shape index (κ2) is 9.46. The summed E-state index contributed by atoms with van der Waals surface area (Å²) in [5.41, 5.74) is 5.04. The van der Waals surface area contributed by atoms with Gasteiger partial charge in [0.15, 0.2) is 0 Å². The molecule has 1 aliphatic heterocycles. The fraction of sp³-hybridized carbons (Fsp3) is 0.320. The van der Waals surface area contributed by atoms with Gasteiger partial charge in [-0.3, -0.25) is 14.5 Å². The molecule has 0 saturated carbocycles. The number of ether oxygens (including phenoxy) is 1. The number of para-hydroxylation sites is 1. The molecule has 1 aliphatic rings. The first-order chi connectivity index (χ1) is 15.9. The number of nitrogens with zero attached hydrogens (tertiary/aromatic N) is 3. The highest BCUT2D eigenvalue weighted by Crippen LogP contribution is 2.31. The van der Waals surface area contributed by atoms with Crippen LogP contribution in [0.4, 0.5) is 5.69 Å². The van der Waals surface area contributed by atoms with Crippen LogP contribution in [0.3, 0.4) is 0 Å². The van der Waals surface area contributed by atoms with Gasteiger partial charge in [0.25, 0.3) is 0 Å². The molecule has 8 nitrogen and oxygen atoms in total. The summed E-state index contributed by atoms with van der Waals surface area (Å²) in [7, 11) is 1.57. The van der Waals surface area contributed by atoms with Crippen LogP contribution in [0.1, 0.15) is 28.6 Å². The first-order valence-corrected chi connectivity index (χ1v) is 11.0. The number of hydrogen-bond donors (Lipinski definition) is 2. The molecule has 0 aliphatic carbocycles. The van der Waals surface area contributed by atoms with Gasteiger partial charge in [0.05, 0.1) is 30.7 Å². The van der Waals surface area contributed by atoms with Gasteiger partial charge in [0.2, 0.25) is 11.8 Å². The SMILES string of the molecule is COc1ccc(C)cc1NC(=O)CN1CCNC(=O)[C@@H]1c1c(C)nn(-c2ccccc2)c1C. The third-order valence-corrected chi connectivity index (χ3v) is 5.91. The molecule has 1 aromatic heterocycles. The van der Waals surface area contributed by atoms with E-state index in [0.717, 1.165) is 28.2 Å². The van der Waals surface area contributed by atoms with Gasteiger partial charge in [-0.25, -0.2) is 4.68 Å². The molecule has 0 spiro atoms. The molecule has 33 heavy (non-hydrogen) atoms. The van der Waals surface area contributed by atoms with Gasteiger partial charge in [-0.2, -0.15) is 5.10 Å². The lowest BCUT2D eigenvalue weighted by atomic mass is 10.00. The summed E-state index contributed by atoms with van der Waals surface area (Å²) >= 11 is 0. The predicted molar refractivity (Wildman–Crippen MR) is 127 cm³/mol. The zero-order valence-electron chi connectivity index (χ0n) is 19.4. The van der Waals surface area contributed by atoms with Crippen LogP contribution in [0.5, 0.6) is 5.75 Å². The summed E-state index contributed by atoms with van der Waals surface area (Å²) in [5, 5.41) is 10.6. The number of aromatic nitrogens is 2. The minimum Gasteiger partial charge on any atom is -0.495 e. The minimum atomic E-state index is -0.596. The van der Waals surface area contributed by atoms with Crippen LogP contribution in [0.2, 0.25) is 0 Å². The van der Waals surface area contributed by atoms with Gasteiger partial charge in [-0.15, -0.1) is 0 Å². The van der Waals surface area contributed by atoms with E-state index in [2.05, 4.69) is 10.6 Å². The summed E-state index contributed by atoms with van der Waals surface area (Å²) in [6, 6.07) is 14.8. The van der Waals surface area contributed by atoms with Gasteiger partial charge < -0.3 is 15.4 Å². The Kier molecular flexibility index (Phi) is 6.46. The Bertz CT molecular complexity index is 1170. The molecule has 1 atom stereocenters. The zero-order valence-corrected chi connectivity index (χ0v) is 19.4. The zero-order chi connectivity index (χ0) is 23.5. The molecule has 8 heteroatoms. The lowest BCUT2D eigenvalue weighted by molar-refractivity contribution is -0.130. The number of carbonyl (C=O) groups excluding carboxylic acids is 2. The molecule has 2 heterocycles. The Balaban J connectivity index is 1.61. The number of benzene rings is 2. The Hall–Kier alpha value is -3.65. The molecule has 2 aromatic carbocycles. The highest BCUT2D eigenvalue weighted by atomic mass is 16.5. The highest BCUT2D eigenvalue weighted by molar-refractivity contribution is 5.94. The summed E-state index contributed by atoms with van der Waals surface area (Å²) in [6.07, 6.45) is 0. The maximum Gasteiger partial charge on any atom is 0.242 e. The van der Waals surface area contributed by atoms with E-state index in [1.807, 2.05) is 78.9 Å². The van der Waals surface area contributed by atoms with Crippen molar-refractivity contribution in [2.75, 3.05) is 32.1 Å².